The topological polar surface area (TPSA) is 67.6 Å². The van der Waals surface area contributed by atoms with Crippen molar-refractivity contribution in [2.45, 2.75) is 18.8 Å². The molecule has 5 heteroatoms. The number of aromatic amines is 1. The molecule has 2 aromatic rings. The van der Waals surface area contributed by atoms with E-state index in [0.717, 1.165) is 27.4 Å². The molecule has 0 bridgehead atoms. The van der Waals surface area contributed by atoms with Crippen molar-refractivity contribution in [2.24, 2.45) is 0 Å². The maximum Gasteiger partial charge on any atom is 0.181 e. The predicted molar refractivity (Wildman–Crippen MR) is 65.9 cm³/mol. The molecule has 1 heterocycles. The van der Waals surface area contributed by atoms with E-state index in [4.69, 9.17) is 5.73 Å². The Morgan fingerprint density at radius 2 is 2.19 bits per heavy atom. The quantitative estimate of drug-likeness (QED) is 0.830. The molecule has 82 valence electrons. The number of rotatable bonds is 2. The van der Waals surface area contributed by atoms with Gasteiger partial charge in [-0.25, -0.2) is 4.98 Å². The highest BCUT2D eigenvalue weighted by atomic mass is 79.9. The fraction of sp³-hybridized carbons (Fsp3) is 0.273. The summed E-state index contributed by atoms with van der Waals surface area (Å²) in [5.74, 6) is 2.34. The van der Waals surface area contributed by atoms with E-state index in [1.807, 2.05) is 18.2 Å². The van der Waals surface area contributed by atoms with Gasteiger partial charge in [0.15, 0.2) is 5.82 Å². The summed E-state index contributed by atoms with van der Waals surface area (Å²) < 4.78 is 0.878. The standard InChI is InChI=1S/C11H11BrN4/c12-8-5-7(3-4-9(8)13)11-14-10(15-16-11)6-1-2-6/h3-6H,1-2,13H2,(H,14,15,16). The molecule has 0 amide bonds. The highest BCUT2D eigenvalue weighted by Crippen LogP contribution is 2.38. The normalized spacial score (nSPS) is 15.3. The Bertz CT molecular complexity index is 531. The molecular formula is C11H11BrN4. The Balaban J connectivity index is 1.97. The van der Waals surface area contributed by atoms with Crippen LogP contribution in [0.2, 0.25) is 0 Å². The third-order valence-corrected chi connectivity index (χ3v) is 3.41. The second-order valence-electron chi connectivity index (χ2n) is 4.05. The first-order valence-electron chi connectivity index (χ1n) is 5.22. The number of nitrogens with zero attached hydrogens (tertiary/aromatic N) is 2. The van der Waals surface area contributed by atoms with Crippen LogP contribution >= 0.6 is 15.9 Å². The van der Waals surface area contributed by atoms with Crippen LogP contribution in [-0.2, 0) is 0 Å². The molecule has 0 aliphatic heterocycles. The molecule has 0 unspecified atom stereocenters. The van der Waals surface area contributed by atoms with Gasteiger partial charge in [0, 0.05) is 21.6 Å². The number of aromatic nitrogens is 3. The number of hydrogen-bond acceptors (Lipinski definition) is 3. The van der Waals surface area contributed by atoms with Gasteiger partial charge >= 0.3 is 0 Å². The van der Waals surface area contributed by atoms with Gasteiger partial charge in [-0.3, -0.25) is 5.10 Å². The fourth-order valence-corrected chi connectivity index (χ4v) is 1.99. The van der Waals surface area contributed by atoms with E-state index >= 15 is 0 Å². The molecular weight excluding hydrogens is 268 g/mol. The molecule has 1 aromatic carbocycles. The molecule has 0 saturated heterocycles. The van der Waals surface area contributed by atoms with Gasteiger partial charge < -0.3 is 5.73 Å². The summed E-state index contributed by atoms with van der Waals surface area (Å²) >= 11 is 3.40. The first kappa shape index (κ1) is 9.84. The summed E-state index contributed by atoms with van der Waals surface area (Å²) in [4.78, 5) is 4.48. The van der Waals surface area contributed by atoms with E-state index < -0.39 is 0 Å². The summed E-state index contributed by atoms with van der Waals surface area (Å²) in [6.45, 7) is 0. The van der Waals surface area contributed by atoms with Crippen molar-refractivity contribution in [3.63, 3.8) is 0 Å². The van der Waals surface area contributed by atoms with Gasteiger partial charge in [0.2, 0.25) is 0 Å². The van der Waals surface area contributed by atoms with E-state index in [2.05, 4.69) is 31.1 Å². The highest BCUT2D eigenvalue weighted by molar-refractivity contribution is 9.10. The number of H-pyrrole nitrogens is 1. The second kappa shape index (κ2) is 3.59. The van der Waals surface area contributed by atoms with Gasteiger partial charge in [-0.05, 0) is 47.0 Å². The van der Waals surface area contributed by atoms with Gasteiger partial charge in [-0.15, -0.1) is 0 Å². The van der Waals surface area contributed by atoms with Crippen molar-refractivity contribution in [2.75, 3.05) is 5.73 Å². The van der Waals surface area contributed by atoms with Crippen LogP contribution in [0.3, 0.4) is 0 Å². The summed E-state index contributed by atoms with van der Waals surface area (Å²) in [5, 5.41) is 7.21. The van der Waals surface area contributed by atoms with Gasteiger partial charge in [0.05, 0.1) is 0 Å². The monoisotopic (exact) mass is 278 g/mol. The van der Waals surface area contributed by atoms with Crippen LogP contribution in [0.5, 0.6) is 0 Å². The molecule has 1 saturated carbocycles. The minimum Gasteiger partial charge on any atom is -0.398 e. The largest absolute Gasteiger partial charge is 0.398 e. The predicted octanol–water partition coefficient (Wildman–Crippen LogP) is 2.69. The average molecular weight is 279 g/mol. The molecule has 1 aliphatic carbocycles. The second-order valence-corrected chi connectivity index (χ2v) is 4.91. The number of anilines is 1. The van der Waals surface area contributed by atoms with Crippen LogP contribution in [0.4, 0.5) is 5.69 Å². The van der Waals surface area contributed by atoms with E-state index in [1.54, 1.807) is 0 Å². The third kappa shape index (κ3) is 1.71. The van der Waals surface area contributed by atoms with Crippen LogP contribution in [0.15, 0.2) is 22.7 Å². The Kier molecular flexibility index (Phi) is 2.21. The lowest BCUT2D eigenvalue weighted by atomic mass is 10.2. The Morgan fingerprint density at radius 3 is 2.88 bits per heavy atom. The SMILES string of the molecule is Nc1ccc(-c2n[nH]c(C3CC3)n2)cc1Br. The maximum absolute atomic E-state index is 5.73. The third-order valence-electron chi connectivity index (χ3n) is 2.73. The highest BCUT2D eigenvalue weighted by Gasteiger charge is 2.27. The first-order valence-corrected chi connectivity index (χ1v) is 6.01. The molecule has 4 nitrogen and oxygen atoms in total. The zero-order valence-electron chi connectivity index (χ0n) is 8.57. The van der Waals surface area contributed by atoms with E-state index in [9.17, 15) is 0 Å². The number of hydrogen-bond donors (Lipinski definition) is 2. The minimum atomic E-state index is 0.596. The van der Waals surface area contributed by atoms with Crippen molar-refractivity contribution in [3.8, 4) is 11.4 Å². The molecule has 1 aromatic heterocycles. The van der Waals surface area contributed by atoms with E-state index in [-0.39, 0.29) is 0 Å². The molecule has 3 N–H and O–H groups in total. The van der Waals surface area contributed by atoms with Crippen LogP contribution in [0.25, 0.3) is 11.4 Å². The zero-order chi connectivity index (χ0) is 11.1. The van der Waals surface area contributed by atoms with Crippen molar-refractivity contribution in [1.29, 1.82) is 0 Å². The summed E-state index contributed by atoms with van der Waals surface area (Å²) in [6, 6.07) is 5.72. The zero-order valence-corrected chi connectivity index (χ0v) is 10.2. The van der Waals surface area contributed by atoms with Crippen molar-refractivity contribution in [1.82, 2.24) is 15.2 Å². The van der Waals surface area contributed by atoms with Crippen LogP contribution in [0.1, 0.15) is 24.6 Å². The lowest BCUT2D eigenvalue weighted by Gasteiger charge is -1.99. The number of nitrogen functional groups attached to an aromatic ring is 1. The first-order chi connectivity index (χ1) is 7.74. The van der Waals surface area contributed by atoms with Gasteiger partial charge in [-0.1, -0.05) is 0 Å². The molecule has 0 atom stereocenters. The molecule has 3 rings (SSSR count). The van der Waals surface area contributed by atoms with E-state index in [0.29, 0.717) is 5.92 Å². The molecule has 0 radical (unpaired) electrons. The van der Waals surface area contributed by atoms with E-state index in [1.165, 1.54) is 12.8 Å². The lowest BCUT2D eigenvalue weighted by Crippen LogP contribution is -1.88. The lowest BCUT2D eigenvalue weighted by molar-refractivity contribution is 0.935. The summed E-state index contributed by atoms with van der Waals surface area (Å²) in [5.41, 5.74) is 7.43. The maximum atomic E-state index is 5.73. The van der Waals surface area contributed by atoms with Crippen molar-refractivity contribution < 1.29 is 0 Å². The molecule has 16 heavy (non-hydrogen) atoms. The molecule has 1 fully saturated rings. The summed E-state index contributed by atoms with van der Waals surface area (Å²) in [6.07, 6.45) is 2.44. The smallest absolute Gasteiger partial charge is 0.181 e. The van der Waals surface area contributed by atoms with Gasteiger partial charge in [0.1, 0.15) is 5.82 Å². The average Bonchev–Trinajstić information content (AvgIpc) is 3.01. The van der Waals surface area contributed by atoms with Crippen molar-refractivity contribution in [3.05, 3.63) is 28.5 Å². The molecule has 0 spiro atoms. The minimum absolute atomic E-state index is 0.596. The van der Waals surface area contributed by atoms with Crippen molar-refractivity contribution >= 4 is 21.6 Å². The fourth-order valence-electron chi connectivity index (χ4n) is 1.61. The Hall–Kier alpha value is -1.36. The van der Waals surface area contributed by atoms with Crippen LogP contribution in [-0.4, -0.2) is 15.2 Å². The van der Waals surface area contributed by atoms with Gasteiger partial charge in [0.25, 0.3) is 0 Å². The Morgan fingerprint density at radius 1 is 1.38 bits per heavy atom. The Labute approximate surface area is 101 Å². The number of halogens is 1. The van der Waals surface area contributed by atoms with Crippen LogP contribution < -0.4 is 5.73 Å². The number of benzene rings is 1. The van der Waals surface area contributed by atoms with Crippen LogP contribution in [0, 0.1) is 0 Å². The number of nitrogens with two attached hydrogens (primary N) is 1. The molecule has 1 aliphatic rings. The number of nitrogens with one attached hydrogen (secondary N) is 1. The summed E-state index contributed by atoms with van der Waals surface area (Å²) in [7, 11) is 0. The van der Waals surface area contributed by atoms with Gasteiger partial charge in [-0.2, -0.15) is 5.10 Å².